The summed E-state index contributed by atoms with van der Waals surface area (Å²) in [5.41, 5.74) is 1.16. The second-order valence-corrected chi connectivity index (χ2v) is 9.33. The maximum Gasteiger partial charge on any atom is 0.162 e. The summed E-state index contributed by atoms with van der Waals surface area (Å²) in [6.07, 6.45) is 9.94. The molecule has 1 aliphatic rings. The van der Waals surface area contributed by atoms with E-state index in [9.17, 15) is 0 Å². The van der Waals surface area contributed by atoms with Crippen LogP contribution in [0.2, 0.25) is 0 Å². The van der Waals surface area contributed by atoms with E-state index >= 15 is 0 Å². The summed E-state index contributed by atoms with van der Waals surface area (Å²) in [6, 6.07) is 0. The molecule has 0 aromatic carbocycles. The molecule has 1 fully saturated rings. The van der Waals surface area contributed by atoms with Crippen LogP contribution < -0.4 is 0 Å². The highest BCUT2D eigenvalue weighted by Gasteiger charge is 2.40. The highest BCUT2D eigenvalue weighted by molar-refractivity contribution is 8.14. The Morgan fingerprint density at radius 2 is 1.96 bits per heavy atom. The first kappa shape index (κ1) is 21.1. The number of thiol groups is 2. The molecule has 0 saturated carbocycles. The van der Waals surface area contributed by atoms with Crippen molar-refractivity contribution in [2.45, 2.75) is 44.5 Å². The Morgan fingerprint density at radius 3 is 2.39 bits per heavy atom. The molecule has 1 rings (SSSR count). The van der Waals surface area contributed by atoms with Gasteiger partial charge in [0.25, 0.3) is 0 Å². The minimum atomic E-state index is -0.557. The molecule has 23 heavy (non-hydrogen) atoms. The Balaban J connectivity index is 3.08. The topological polar surface area (TPSA) is 18.5 Å². The van der Waals surface area contributed by atoms with Crippen molar-refractivity contribution in [3.63, 3.8) is 0 Å². The number of allylic oxidation sites excluding steroid dienone is 4. The third-order valence-electron chi connectivity index (χ3n) is 3.71. The molecule has 1 aliphatic heterocycles. The average Bonchev–Trinajstić information content (AvgIpc) is 2.50. The quantitative estimate of drug-likeness (QED) is 0.302. The molecule has 2 nitrogen and oxygen atoms in total. The number of hydrogen-bond donors (Lipinski definition) is 2. The van der Waals surface area contributed by atoms with Gasteiger partial charge in [-0.1, -0.05) is 25.0 Å². The van der Waals surface area contributed by atoms with E-state index in [0.717, 1.165) is 16.2 Å². The van der Waals surface area contributed by atoms with Crippen molar-refractivity contribution in [2.75, 3.05) is 19.0 Å². The number of ether oxygens (including phenoxy) is 2. The molecule has 0 aliphatic carbocycles. The molecule has 0 aromatic heterocycles. The average molecular weight is 373 g/mol. The normalized spacial score (nSPS) is 23.9. The van der Waals surface area contributed by atoms with Gasteiger partial charge in [-0.2, -0.15) is 25.3 Å². The molecule has 1 heterocycles. The van der Waals surface area contributed by atoms with E-state index in [1.807, 2.05) is 26.8 Å². The first-order valence-corrected chi connectivity index (χ1v) is 9.67. The molecule has 0 amide bonds. The number of thioether (sulfide) groups is 1. The van der Waals surface area contributed by atoms with Gasteiger partial charge in [0, 0.05) is 4.91 Å². The van der Waals surface area contributed by atoms with Crippen LogP contribution in [0, 0.1) is 24.2 Å². The van der Waals surface area contributed by atoms with Gasteiger partial charge in [0.15, 0.2) is 5.79 Å². The van der Waals surface area contributed by atoms with Crippen LogP contribution >= 0.6 is 37.0 Å². The molecule has 130 valence electrons. The SMILES string of the molecule is C#CC(/C(SC1(S)COC(C)(C)OC1)=C(C)\C=C/C)C(C)CS. The van der Waals surface area contributed by atoms with E-state index in [-0.39, 0.29) is 11.8 Å². The van der Waals surface area contributed by atoms with E-state index in [4.69, 9.17) is 28.5 Å². The van der Waals surface area contributed by atoms with Crippen molar-refractivity contribution < 1.29 is 9.47 Å². The standard InChI is InChI=1S/C18H28O2S3/c1-7-9-13(3)16(15(8-2)14(4)10-21)23-18(22)11-19-17(5,6)20-12-18/h2,7,9,14-15,21-22H,10-12H2,1,3-6H3/b9-7-,16-13+. The van der Waals surface area contributed by atoms with Crippen molar-refractivity contribution in [3.05, 3.63) is 22.6 Å². The van der Waals surface area contributed by atoms with Gasteiger partial charge >= 0.3 is 0 Å². The van der Waals surface area contributed by atoms with Crippen LogP contribution in [0.5, 0.6) is 0 Å². The van der Waals surface area contributed by atoms with Crippen molar-refractivity contribution in [2.24, 2.45) is 11.8 Å². The summed E-state index contributed by atoms with van der Waals surface area (Å²) in [5, 5.41) is 0. The molecular weight excluding hydrogens is 344 g/mol. The van der Waals surface area contributed by atoms with Gasteiger partial charge in [-0.15, -0.1) is 18.2 Å². The summed E-state index contributed by atoms with van der Waals surface area (Å²) in [7, 11) is 0. The highest BCUT2D eigenvalue weighted by Crippen LogP contribution is 2.46. The monoisotopic (exact) mass is 372 g/mol. The predicted molar refractivity (Wildman–Crippen MR) is 108 cm³/mol. The molecule has 2 unspecified atom stereocenters. The summed E-state index contributed by atoms with van der Waals surface area (Å²) < 4.78 is 11.1. The minimum Gasteiger partial charge on any atom is -0.348 e. The van der Waals surface area contributed by atoms with E-state index < -0.39 is 9.87 Å². The predicted octanol–water partition coefficient (Wildman–Crippen LogP) is 4.79. The minimum absolute atomic E-state index is 0.00709. The fraction of sp³-hybridized carbons (Fsp3) is 0.667. The molecule has 0 radical (unpaired) electrons. The number of terminal acetylenes is 1. The van der Waals surface area contributed by atoms with Gasteiger partial charge in [-0.3, -0.25) is 0 Å². The van der Waals surface area contributed by atoms with E-state index in [0.29, 0.717) is 13.2 Å². The van der Waals surface area contributed by atoms with Gasteiger partial charge in [-0.25, -0.2) is 0 Å². The van der Waals surface area contributed by atoms with Gasteiger partial charge < -0.3 is 9.47 Å². The fourth-order valence-electron chi connectivity index (χ4n) is 2.25. The lowest BCUT2D eigenvalue weighted by Gasteiger charge is -2.41. The summed E-state index contributed by atoms with van der Waals surface area (Å²) >= 11 is 10.9. The lowest BCUT2D eigenvalue weighted by Crippen LogP contribution is -2.46. The van der Waals surface area contributed by atoms with Gasteiger partial charge in [0.1, 0.15) is 4.08 Å². The van der Waals surface area contributed by atoms with Crippen LogP contribution in [0.15, 0.2) is 22.6 Å². The largest absolute Gasteiger partial charge is 0.348 e. The smallest absolute Gasteiger partial charge is 0.162 e. The zero-order valence-electron chi connectivity index (χ0n) is 14.6. The molecule has 0 spiro atoms. The zero-order chi connectivity index (χ0) is 17.7. The highest BCUT2D eigenvalue weighted by atomic mass is 32.2. The Bertz CT molecular complexity index is 493. The van der Waals surface area contributed by atoms with Gasteiger partial charge in [-0.05, 0) is 44.9 Å². The first-order chi connectivity index (χ1) is 10.7. The molecule has 0 aromatic rings. The van der Waals surface area contributed by atoms with Gasteiger partial charge in [0.2, 0.25) is 0 Å². The third kappa shape index (κ3) is 6.10. The second-order valence-electron chi connectivity index (χ2n) is 6.38. The Labute approximate surface area is 156 Å². The van der Waals surface area contributed by atoms with Crippen LogP contribution in [0.25, 0.3) is 0 Å². The molecule has 0 bridgehead atoms. The lowest BCUT2D eigenvalue weighted by atomic mass is 9.94. The molecule has 1 saturated heterocycles. The van der Waals surface area contributed by atoms with Crippen molar-refractivity contribution in [1.29, 1.82) is 0 Å². The van der Waals surface area contributed by atoms with Crippen molar-refractivity contribution in [3.8, 4) is 12.3 Å². The first-order valence-electron chi connectivity index (χ1n) is 7.78. The zero-order valence-corrected chi connectivity index (χ0v) is 17.2. The van der Waals surface area contributed by atoms with Crippen LogP contribution in [0.3, 0.4) is 0 Å². The number of rotatable bonds is 6. The molecular formula is C18H28O2S3. The van der Waals surface area contributed by atoms with Crippen molar-refractivity contribution >= 4 is 37.0 Å². The van der Waals surface area contributed by atoms with Crippen LogP contribution in [-0.2, 0) is 9.47 Å². The summed E-state index contributed by atoms with van der Waals surface area (Å²) in [6.45, 7) is 11.1. The van der Waals surface area contributed by atoms with Crippen LogP contribution in [-0.4, -0.2) is 28.8 Å². The van der Waals surface area contributed by atoms with Crippen molar-refractivity contribution in [1.82, 2.24) is 0 Å². The molecule has 2 atom stereocenters. The lowest BCUT2D eigenvalue weighted by molar-refractivity contribution is -0.245. The summed E-state index contributed by atoms with van der Waals surface area (Å²) in [5.74, 6) is 3.41. The number of hydrogen-bond acceptors (Lipinski definition) is 5. The third-order valence-corrected chi connectivity index (χ3v) is 6.23. The Hall–Kier alpha value is 0.01000. The molecule has 0 N–H and O–H groups in total. The van der Waals surface area contributed by atoms with E-state index in [1.165, 1.54) is 0 Å². The maximum absolute atomic E-state index is 5.83. The Morgan fingerprint density at radius 1 is 1.39 bits per heavy atom. The van der Waals surface area contributed by atoms with E-state index in [2.05, 4.69) is 38.5 Å². The fourth-order valence-corrected chi connectivity index (χ4v) is 4.18. The Kier molecular flexibility index (Phi) is 8.16. The van der Waals surface area contributed by atoms with Crippen LogP contribution in [0.1, 0.15) is 34.6 Å². The maximum atomic E-state index is 5.83. The summed E-state index contributed by atoms with van der Waals surface area (Å²) in [4.78, 5) is 1.15. The van der Waals surface area contributed by atoms with E-state index in [1.54, 1.807) is 11.8 Å². The van der Waals surface area contributed by atoms with Crippen LogP contribution in [0.4, 0.5) is 0 Å². The van der Waals surface area contributed by atoms with Gasteiger partial charge in [0.05, 0.1) is 19.1 Å². The molecule has 5 heteroatoms. The second kappa shape index (κ2) is 8.92.